The van der Waals surface area contributed by atoms with Crippen molar-refractivity contribution in [3.05, 3.63) is 82.4 Å². The van der Waals surface area contributed by atoms with Crippen LogP contribution in [0.2, 0.25) is 5.02 Å². The second-order valence-electron chi connectivity index (χ2n) is 9.08. The molecule has 2 aliphatic heterocycles. The van der Waals surface area contributed by atoms with Gasteiger partial charge < -0.3 is 9.64 Å². The minimum absolute atomic E-state index is 0.159. The predicted octanol–water partition coefficient (Wildman–Crippen LogP) is 4.01. The van der Waals surface area contributed by atoms with Crippen LogP contribution < -0.4 is 10.5 Å². The lowest BCUT2D eigenvalue weighted by Crippen LogP contribution is -2.44. The summed E-state index contributed by atoms with van der Waals surface area (Å²) in [5.41, 5.74) is 2.55. The molecule has 0 saturated carbocycles. The van der Waals surface area contributed by atoms with Crippen molar-refractivity contribution < 1.29 is 4.74 Å². The van der Waals surface area contributed by atoms with E-state index in [4.69, 9.17) is 16.3 Å². The maximum absolute atomic E-state index is 13.2. The lowest BCUT2D eigenvalue weighted by atomic mass is 10.0. The van der Waals surface area contributed by atoms with Gasteiger partial charge in [-0.2, -0.15) is 9.78 Å². The quantitative estimate of drug-likeness (QED) is 0.433. The first-order chi connectivity index (χ1) is 17.2. The van der Waals surface area contributed by atoms with Gasteiger partial charge in [0, 0.05) is 42.6 Å². The van der Waals surface area contributed by atoms with Crippen molar-refractivity contribution in [3.8, 4) is 16.8 Å². The fourth-order valence-electron chi connectivity index (χ4n) is 5.04. The SMILES string of the molecule is O=c1c2ccc(-c3ccc(Cl)cc3)cc2cnn1-c1ccc(N2CC[C@@H](N3CCOCC3)C2)nc1. The van der Waals surface area contributed by atoms with Crippen LogP contribution in [0.3, 0.4) is 0 Å². The number of ether oxygens (including phenoxy) is 1. The average Bonchev–Trinajstić information content (AvgIpc) is 3.40. The number of hydrogen-bond donors (Lipinski definition) is 0. The van der Waals surface area contributed by atoms with Crippen LogP contribution in [0.15, 0.2) is 71.8 Å². The highest BCUT2D eigenvalue weighted by atomic mass is 35.5. The summed E-state index contributed by atoms with van der Waals surface area (Å²) in [5.74, 6) is 0.936. The number of pyridine rings is 1. The summed E-state index contributed by atoms with van der Waals surface area (Å²) in [5, 5.41) is 6.55. The fraction of sp³-hybridized carbons (Fsp3) is 0.296. The Hall–Kier alpha value is -3.26. The number of nitrogens with zero attached hydrogens (tertiary/aromatic N) is 5. The summed E-state index contributed by atoms with van der Waals surface area (Å²) in [6.07, 6.45) is 4.60. The molecule has 2 saturated heterocycles. The minimum Gasteiger partial charge on any atom is -0.379 e. The van der Waals surface area contributed by atoms with E-state index < -0.39 is 0 Å². The number of fused-ring (bicyclic) bond motifs is 1. The van der Waals surface area contributed by atoms with E-state index in [0.29, 0.717) is 22.1 Å². The zero-order valence-electron chi connectivity index (χ0n) is 19.3. The first-order valence-corrected chi connectivity index (χ1v) is 12.3. The number of benzene rings is 2. The molecule has 0 radical (unpaired) electrons. The molecule has 0 spiro atoms. The van der Waals surface area contributed by atoms with Gasteiger partial charge in [-0.25, -0.2) is 4.98 Å². The molecule has 7 nitrogen and oxygen atoms in total. The largest absolute Gasteiger partial charge is 0.379 e. The second-order valence-corrected chi connectivity index (χ2v) is 9.52. The Morgan fingerprint density at radius 1 is 0.914 bits per heavy atom. The fourth-order valence-corrected chi connectivity index (χ4v) is 5.16. The Bertz CT molecular complexity index is 1400. The van der Waals surface area contributed by atoms with E-state index in [1.54, 1.807) is 12.4 Å². The van der Waals surface area contributed by atoms with Crippen LogP contribution in [0.4, 0.5) is 5.82 Å². The summed E-state index contributed by atoms with van der Waals surface area (Å²) in [6.45, 7) is 5.60. The molecule has 35 heavy (non-hydrogen) atoms. The van der Waals surface area contributed by atoms with Crippen LogP contribution in [-0.4, -0.2) is 65.1 Å². The zero-order valence-corrected chi connectivity index (χ0v) is 20.1. The van der Waals surface area contributed by atoms with E-state index in [-0.39, 0.29) is 5.56 Å². The van der Waals surface area contributed by atoms with Crippen molar-refractivity contribution in [2.45, 2.75) is 12.5 Å². The lowest BCUT2D eigenvalue weighted by Gasteiger charge is -2.32. The zero-order chi connectivity index (χ0) is 23.8. The van der Waals surface area contributed by atoms with Crippen LogP contribution in [0.5, 0.6) is 0 Å². The van der Waals surface area contributed by atoms with Gasteiger partial charge in [-0.3, -0.25) is 9.69 Å². The van der Waals surface area contributed by atoms with Crippen molar-refractivity contribution >= 4 is 28.2 Å². The summed E-state index contributed by atoms with van der Waals surface area (Å²) in [7, 11) is 0. The standard InChI is InChI=1S/C27H26ClN5O2/c28-22-4-1-19(2-5-22)20-3-7-25-21(15-20)16-30-33(27(25)34)23-6-8-26(29-17-23)32-10-9-24(18-32)31-11-13-35-14-12-31/h1-8,15-17,24H,9-14,18H2/t24-/m1/s1. The van der Waals surface area contributed by atoms with Crippen LogP contribution in [0.25, 0.3) is 27.6 Å². The van der Waals surface area contributed by atoms with Gasteiger partial charge in [-0.15, -0.1) is 0 Å². The minimum atomic E-state index is -0.159. The number of halogens is 1. The van der Waals surface area contributed by atoms with Crippen molar-refractivity contribution in [1.29, 1.82) is 0 Å². The highest BCUT2D eigenvalue weighted by Gasteiger charge is 2.29. The third-order valence-electron chi connectivity index (χ3n) is 6.99. The molecule has 2 aliphatic rings. The van der Waals surface area contributed by atoms with E-state index in [9.17, 15) is 4.79 Å². The molecule has 8 heteroatoms. The molecular formula is C27H26ClN5O2. The van der Waals surface area contributed by atoms with Crippen LogP contribution >= 0.6 is 11.6 Å². The van der Waals surface area contributed by atoms with Gasteiger partial charge in [0.2, 0.25) is 0 Å². The Kier molecular flexibility index (Phi) is 5.98. The predicted molar refractivity (Wildman–Crippen MR) is 139 cm³/mol. The number of hydrogen-bond acceptors (Lipinski definition) is 6. The average molecular weight is 488 g/mol. The highest BCUT2D eigenvalue weighted by Crippen LogP contribution is 2.25. The van der Waals surface area contributed by atoms with Crippen molar-refractivity contribution in [2.75, 3.05) is 44.3 Å². The maximum atomic E-state index is 13.2. The Morgan fingerprint density at radius 3 is 2.49 bits per heavy atom. The van der Waals surface area contributed by atoms with E-state index >= 15 is 0 Å². The van der Waals surface area contributed by atoms with Crippen LogP contribution in [0.1, 0.15) is 6.42 Å². The van der Waals surface area contributed by atoms with Crippen molar-refractivity contribution in [3.63, 3.8) is 0 Å². The van der Waals surface area contributed by atoms with Crippen molar-refractivity contribution in [2.24, 2.45) is 0 Å². The van der Waals surface area contributed by atoms with Crippen LogP contribution in [-0.2, 0) is 4.74 Å². The molecule has 2 aromatic heterocycles. The first kappa shape index (κ1) is 22.2. The summed E-state index contributed by atoms with van der Waals surface area (Å²) >= 11 is 6.01. The molecule has 0 amide bonds. The molecule has 4 aromatic rings. The van der Waals surface area contributed by atoms with Gasteiger partial charge in [0.15, 0.2) is 0 Å². The van der Waals surface area contributed by atoms with Gasteiger partial charge in [0.1, 0.15) is 5.82 Å². The molecular weight excluding hydrogens is 462 g/mol. The topological polar surface area (TPSA) is 63.5 Å². The molecule has 0 N–H and O–H groups in total. The van der Waals surface area contributed by atoms with Gasteiger partial charge in [-0.1, -0.05) is 29.8 Å². The third kappa shape index (κ3) is 4.43. The molecule has 0 aliphatic carbocycles. The monoisotopic (exact) mass is 487 g/mol. The van der Waals surface area contributed by atoms with Gasteiger partial charge in [0.05, 0.1) is 36.7 Å². The Morgan fingerprint density at radius 2 is 1.71 bits per heavy atom. The third-order valence-corrected chi connectivity index (χ3v) is 7.24. The second kappa shape index (κ2) is 9.41. The van der Waals surface area contributed by atoms with E-state index in [1.165, 1.54) is 4.68 Å². The van der Waals surface area contributed by atoms with Gasteiger partial charge in [-0.05, 0) is 53.9 Å². The molecule has 0 bridgehead atoms. The van der Waals surface area contributed by atoms with Crippen molar-refractivity contribution in [1.82, 2.24) is 19.7 Å². The molecule has 0 unspecified atom stereocenters. The summed E-state index contributed by atoms with van der Waals surface area (Å²) < 4.78 is 6.90. The maximum Gasteiger partial charge on any atom is 0.279 e. The Balaban J connectivity index is 1.22. The lowest BCUT2D eigenvalue weighted by molar-refractivity contribution is 0.0209. The summed E-state index contributed by atoms with van der Waals surface area (Å²) in [4.78, 5) is 22.7. The molecule has 4 heterocycles. The Labute approximate surface area is 208 Å². The molecule has 6 rings (SSSR count). The van der Waals surface area contributed by atoms with Gasteiger partial charge >= 0.3 is 0 Å². The van der Waals surface area contributed by atoms with Gasteiger partial charge in [0.25, 0.3) is 5.56 Å². The molecule has 1 atom stereocenters. The first-order valence-electron chi connectivity index (χ1n) is 12.0. The van der Waals surface area contributed by atoms with Crippen LogP contribution in [0, 0.1) is 0 Å². The normalized spacial score (nSPS) is 18.9. The van der Waals surface area contributed by atoms with E-state index in [0.717, 1.165) is 68.1 Å². The van der Waals surface area contributed by atoms with E-state index in [1.807, 2.05) is 54.6 Å². The number of aromatic nitrogens is 3. The molecule has 2 fully saturated rings. The number of anilines is 1. The number of morpholine rings is 1. The number of rotatable bonds is 4. The summed E-state index contributed by atoms with van der Waals surface area (Å²) in [6, 6.07) is 17.9. The molecule has 2 aromatic carbocycles. The smallest absolute Gasteiger partial charge is 0.279 e. The highest BCUT2D eigenvalue weighted by molar-refractivity contribution is 6.30. The van der Waals surface area contributed by atoms with E-state index in [2.05, 4.69) is 19.9 Å². The molecule has 178 valence electrons.